The number of carbonyl (C=O) groups excluding carboxylic acids is 1. The number of rotatable bonds is 4. The molecule has 0 N–H and O–H groups in total. The molecule has 0 aliphatic carbocycles. The number of esters is 1. The second-order valence-electron chi connectivity index (χ2n) is 6.69. The number of ether oxygens (including phenoxy) is 1. The zero-order valence-corrected chi connectivity index (χ0v) is 13.8. The molecule has 0 heterocycles. The first kappa shape index (κ1) is 16.3. The Kier molecular flexibility index (Phi) is 5.02. The van der Waals surface area contributed by atoms with Crippen LogP contribution in [-0.4, -0.2) is 5.97 Å². The van der Waals surface area contributed by atoms with Crippen molar-refractivity contribution in [3.05, 3.63) is 65.2 Å². The van der Waals surface area contributed by atoms with Gasteiger partial charge in [-0.2, -0.15) is 0 Å². The molecule has 2 heteroatoms. The average Bonchev–Trinajstić information content (AvgIpc) is 2.47. The maximum atomic E-state index is 11.9. The van der Waals surface area contributed by atoms with Gasteiger partial charge in [0.15, 0.2) is 0 Å². The van der Waals surface area contributed by atoms with Gasteiger partial charge in [0, 0.05) is 6.42 Å². The van der Waals surface area contributed by atoms with Crippen LogP contribution in [0.2, 0.25) is 0 Å². The van der Waals surface area contributed by atoms with Crippen molar-refractivity contribution < 1.29 is 9.53 Å². The van der Waals surface area contributed by atoms with Gasteiger partial charge in [0.2, 0.25) is 0 Å². The number of benzene rings is 2. The van der Waals surface area contributed by atoms with Gasteiger partial charge in [-0.15, -0.1) is 0 Å². The second kappa shape index (κ2) is 6.78. The third kappa shape index (κ3) is 4.45. The van der Waals surface area contributed by atoms with E-state index < -0.39 is 0 Å². The van der Waals surface area contributed by atoms with E-state index >= 15 is 0 Å². The first-order valence-corrected chi connectivity index (χ1v) is 7.72. The molecular weight excluding hydrogens is 272 g/mol. The summed E-state index contributed by atoms with van der Waals surface area (Å²) in [6, 6.07) is 16.1. The number of hydrogen-bond donors (Lipinski definition) is 0. The van der Waals surface area contributed by atoms with Crippen LogP contribution in [0.5, 0.6) is 5.75 Å². The Labute approximate surface area is 133 Å². The van der Waals surface area contributed by atoms with Gasteiger partial charge < -0.3 is 4.74 Å². The van der Waals surface area contributed by atoms with Gasteiger partial charge in [-0.1, -0.05) is 63.2 Å². The summed E-state index contributed by atoms with van der Waals surface area (Å²) in [6.45, 7) is 8.53. The minimum absolute atomic E-state index is 0.155. The van der Waals surface area contributed by atoms with Crippen LogP contribution in [0.25, 0.3) is 0 Å². The molecular formula is C20H24O2. The van der Waals surface area contributed by atoms with Crippen LogP contribution in [0, 0.1) is 6.92 Å². The molecule has 2 rings (SSSR count). The summed E-state index contributed by atoms with van der Waals surface area (Å²) in [4.78, 5) is 11.9. The van der Waals surface area contributed by atoms with E-state index in [0.717, 1.165) is 11.1 Å². The normalized spacial score (nSPS) is 11.3. The lowest BCUT2D eigenvalue weighted by Crippen LogP contribution is -2.11. The highest BCUT2D eigenvalue weighted by Crippen LogP contribution is 2.22. The summed E-state index contributed by atoms with van der Waals surface area (Å²) < 4.78 is 5.41. The van der Waals surface area contributed by atoms with Crippen molar-refractivity contribution in [1.29, 1.82) is 0 Å². The number of para-hydroxylation sites is 1. The molecule has 0 bridgehead atoms. The minimum atomic E-state index is -0.186. The van der Waals surface area contributed by atoms with E-state index in [1.165, 1.54) is 5.56 Å². The Bertz CT molecular complexity index is 634. The van der Waals surface area contributed by atoms with Crippen LogP contribution in [0.4, 0.5) is 0 Å². The van der Waals surface area contributed by atoms with E-state index in [-0.39, 0.29) is 11.4 Å². The minimum Gasteiger partial charge on any atom is -0.426 e. The van der Waals surface area contributed by atoms with Gasteiger partial charge in [-0.3, -0.25) is 4.79 Å². The molecule has 0 spiro atoms. The maximum absolute atomic E-state index is 11.9. The van der Waals surface area contributed by atoms with Gasteiger partial charge >= 0.3 is 5.97 Å². The van der Waals surface area contributed by atoms with Crippen molar-refractivity contribution in [1.82, 2.24) is 0 Å². The van der Waals surface area contributed by atoms with Crippen molar-refractivity contribution in [3.8, 4) is 5.75 Å². The first-order valence-electron chi connectivity index (χ1n) is 7.72. The monoisotopic (exact) mass is 296 g/mol. The number of aryl methyl sites for hydroxylation is 2. The van der Waals surface area contributed by atoms with Crippen molar-refractivity contribution in [2.45, 2.75) is 46.0 Å². The van der Waals surface area contributed by atoms with E-state index in [9.17, 15) is 4.79 Å². The fourth-order valence-electron chi connectivity index (χ4n) is 2.26. The summed E-state index contributed by atoms with van der Waals surface area (Å²) in [5, 5.41) is 0. The Morgan fingerprint density at radius 1 is 1.00 bits per heavy atom. The van der Waals surface area contributed by atoms with E-state index in [1.54, 1.807) is 0 Å². The van der Waals surface area contributed by atoms with Crippen LogP contribution in [0.3, 0.4) is 0 Å². The molecule has 0 amide bonds. The Morgan fingerprint density at radius 2 is 1.64 bits per heavy atom. The van der Waals surface area contributed by atoms with Crippen molar-refractivity contribution >= 4 is 5.97 Å². The van der Waals surface area contributed by atoms with Crippen molar-refractivity contribution in [3.63, 3.8) is 0 Å². The van der Waals surface area contributed by atoms with Crippen molar-refractivity contribution in [2.75, 3.05) is 0 Å². The standard InChI is InChI=1S/C20H24O2/c1-15-7-5-6-8-18(15)22-19(21)14-11-16-9-12-17(13-10-16)20(2,3)4/h5-10,12-13H,11,14H2,1-4H3. The third-order valence-electron chi connectivity index (χ3n) is 3.76. The zero-order chi connectivity index (χ0) is 16.2. The van der Waals surface area contributed by atoms with E-state index in [2.05, 4.69) is 45.0 Å². The lowest BCUT2D eigenvalue weighted by Gasteiger charge is -2.19. The fraction of sp³-hybridized carbons (Fsp3) is 0.350. The lowest BCUT2D eigenvalue weighted by atomic mass is 9.86. The molecule has 22 heavy (non-hydrogen) atoms. The summed E-state index contributed by atoms with van der Waals surface area (Å²) in [5.41, 5.74) is 3.60. The summed E-state index contributed by atoms with van der Waals surface area (Å²) in [6.07, 6.45) is 1.10. The molecule has 0 aliphatic heterocycles. The van der Waals surface area contributed by atoms with E-state index in [1.807, 2.05) is 31.2 Å². The molecule has 0 atom stereocenters. The Balaban J connectivity index is 1.90. The maximum Gasteiger partial charge on any atom is 0.311 e. The highest BCUT2D eigenvalue weighted by atomic mass is 16.5. The molecule has 0 radical (unpaired) electrons. The first-order chi connectivity index (χ1) is 10.4. The summed E-state index contributed by atoms with van der Waals surface area (Å²) >= 11 is 0. The smallest absolute Gasteiger partial charge is 0.311 e. The Morgan fingerprint density at radius 3 is 2.23 bits per heavy atom. The van der Waals surface area contributed by atoms with Crippen LogP contribution in [0.15, 0.2) is 48.5 Å². The molecule has 0 aliphatic rings. The highest BCUT2D eigenvalue weighted by molar-refractivity contribution is 5.73. The molecule has 0 aromatic heterocycles. The van der Waals surface area contributed by atoms with Gasteiger partial charge in [-0.05, 0) is 41.5 Å². The topological polar surface area (TPSA) is 26.3 Å². The van der Waals surface area contributed by atoms with Crippen LogP contribution >= 0.6 is 0 Å². The van der Waals surface area contributed by atoms with Gasteiger partial charge in [0.05, 0.1) is 0 Å². The van der Waals surface area contributed by atoms with Crippen molar-refractivity contribution in [2.24, 2.45) is 0 Å². The predicted octanol–water partition coefficient (Wildman–Crippen LogP) is 4.83. The summed E-state index contributed by atoms with van der Waals surface area (Å²) in [5.74, 6) is 0.463. The van der Waals surface area contributed by atoms with Crippen LogP contribution in [0.1, 0.15) is 43.9 Å². The number of carbonyl (C=O) groups is 1. The molecule has 2 aromatic rings. The summed E-state index contributed by atoms with van der Waals surface area (Å²) in [7, 11) is 0. The SMILES string of the molecule is Cc1ccccc1OC(=O)CCc1ccc(C(C)(C)C)cc1. The molecule has 2 aromatic carbocycles. The van der Waals surface area contributed by atoms with E-state index in [0.29, 0.717) is 18.6 Å². The largest absolute Gasteiger partial charge is 0.426 e. The van der Waals surface area contributed by atoms with Crippen LogP contribution < -0.4 is 4.74 Å². The predicted molar refractivity (Wildman–Crippen MR) is 90.3 cm³/mol. The number of hydrogen-bond acceptors (Lipinski definition) is 2. The van der Waals surface area contributed by atoms with Crippen LogP contribution in [-0.2, 0) is 16.6 Å². The quantitative estimate of drug-likeness (QED) is 0.596. The zero-order valence-electron chi connectivity index (χ0n) is 13.8. The second-order valence-corrected chi connectivity index (χ2v) is 6.69. The van der Waals surface area contributed by atoms with Gasteiger partial charge in [-0.25, -0.2) is 0 Å². The Hall–Kier alpha value is -2.09. The molecule has 0 fully saturated rings. The van der Waals surface area contributed by atoms with Gasteiger partial charge in [0.25, 0.3) is 0 Å². The molecule has 0 unspecified atom stereocenters. The van der Waals surface area contributed by atoms with Gasteiger partial charge in [0.1, 0.15) is 5.75 Å². The fourth-order valence-corrected chi connectivity index (χ4v) is 2.26. The highest BCUT2D eigenvalue weighted by Gasteiger charge is 2.13. The average molecular weight is 296 g/mol. The lowest BCUT2D eigenvalue weighted by molar-refractivity contribution is -0.134. The van der Waals surface area contributed by atoms with E-state index in [4.69, 9.17) is 4.74 Å². The molecule has 2 nitrogen and oxygen atoms in total. The third-order valence-corrected chi connectivity index (χ3v) is 3.76. The molecule has 0 saturated carbocycles. The molecule has 0 saturated heterocycles. The molecule has 116 valence electrons.